The monoisotopic (exact) mass is 298 g/mol. The number of hydrogen-bond donors (Lipinski definition) is 3. The molecule has 1 saturated carbocycles. The molecular weight excluding hydrogens is 272 g/mol. The van der Waals surface area contributed by atoms with Crippen LogP contribution < -0.4 is 10.6 Å². The van der Waals surface area contributed by atoms with Crippen molar-refractivity contribution in [1.29, 1.82) is 0 Å². The van der Waals surface area contributed by atoms with Crippen LogP contribution in [0.2, 0.25) is 0 Å². The predicted molar refractivity (Wildman–Crippen MR) is 93.5 cm³/mol. The van der Waals surface area contributed by atoms with Gasteiger partial charge in [-0.2, -0.15) is 0 Å². The molecule has 4 heteroatoms. The maximum atomic E-state index is 4.28. The fraction of sp³-hybridized carbons (Fsp3) is 0.500. The van der Waals surface area contributed by atoms with Gasteiger partial charge in [-0.05, 0) is 42.7 Å². The van der Waals surface area contributed by atoms with Crippen molar-refractivity contribution in [3.8, 4) is 0 Å². The minimum atomic E-state index is 0.861. The van der Waals surface area contributed by atoms with Crippen LogP contribution in [-0.2, 0) is 12.8 Å². The summed E-state index contributed by atoms with van der Waals surface area (Å²) in [6.07, 6.45) is 6.93. The Kier molecular flexibility index (Phi) is 4.66. The van der Waals surface area contributed by atoms with Gasteiger partial charge in [0.25, 0.3) is 0 Å². The number of nitrogens with zero attached hydrogens (tertiary/aromatic N) is 1. The molecule has 1 aliphatic rings. The molecule has 0 amide bonds. The highest BCUT2D eigenvalue weighted by Gasteiger charge is 2.20. The summed E-state index contributed by atoms with van der Waals surface area (Å²) in [5, 5.41) is 8.16. The Labute approximate surface area is 132 Å². The predicted octanol–water partition coefficient (Wildman–Crippen LogP) is 2.85. The van der Waals surface area contributed by atoms with E-state index in [1.54, 1.807) is 0 Å². The Morgan fingerprint density at radius 3 is 2.86 bits per heavy atom. The van der Waals surface area contributed by atoms with Gasteiger partial charge in [-0.25, -0.2) is 0 Å². The molecule has 0 bridgehead atoms. The second-order valence-electron chi connectivity index (χ2n) is 6.08. The quantitative estimate of drug-likeness (QED) is 0.567. The average molecular weight is 298 g/mol. The Balaban J connectivity index is 1.56. The molecule has 0 spiro atoms. The van der Waals surface area contributed by atoms with Crippen molar-refractivity contribution >= 4 is 16.9 Å². The van der Waals surface area contributed by atoms with E-state index in [4.69, 9.17) is 0 Å². The first-order chi connectivity index (χ1) is 10.8. The van der Waals surface area contributed by atoms with Crippen LogP contribution in [0.3, 0.4) is 0 Å². The molecular formula is C18H26N4. The highest BCUT2D eigenvalue weighted by atomic mass is 15.2. The summed E-state index contributed by atoms with van der Waals surface area (Å²) in [4.78, 5) is 7.72. The van der Waals surface area contributed by atoms with Crippen molar-refractivity contribution < 1.29 is 0 Å². The van der Waals surface area contributed by atoms with E-state index in [1.807, 2.05) is 7.05 Å². The van der Waals surface area contributed by atoms with Crippen molar-refractivity contribution in [2.24, 2.45) is 10.9 Å². The molecule has 1 heterocycles. The zero-order valence-corrected chi connectivity index (χ0v) is 13.6. The van der Waals surface area contributed by atoms with E-state index >= 15 is 0 Å². The normalized spacial score (nSPS) is 15.3. The average Bonchev–Trinajstić information content (AvgIpc) is 3.29. The molecule has 4 nitrogen and oxygen atoms in total. The van der Waals surface area contributed by atoms with E-state index in [2.05, 4.69) is 51.9 Å². The third-order valence-electron chi connectivity index (χ3n) is 4.43. The molecule has 3 N–H and O–H groups in total. The first-order valence-corrected chi connectivity index (χ1v) is 8.34. The maximum Gasteiger partial charge on any atom is 0.190 e. The summed E-state index contributed by atoms with van der Waals surface area (Å²) >= 11 is 0. The molecule has 1 aromatic carbocycles. The lowest BCUT2D eigenvalue weighted by molar-refractivity contribution is 0.735. The van der Waals surface area contributed by atoms with Gasteiger partial charge in [-0.1, -0.05) is 25.1 Å². The van der Waals surface area contributed by atoms with Crippen LogP contribution >= 0.6 is 0 Å². The van der Waals surface area contributed by atoms with Gasteiger partial charge in [0.1, 0.15) is 0 Å². The van der Waals surface area contributed by atoms with Crippen LogP contribution in [0.25, 0.3) is 10.9 Å². The topological polar surface area (TPSA) is 52.2 Å². The molecule has 3 rings (SSSR count). The number of nitrogens with one attached hydrogen (secondary N) is 3. The minimum absolute atomic E-state index is 0.861. The number of H-pyrrole nitrogens is 1. The van der Waals surface area contributed by atoms with Crippen LogP contribution in [0.1, 0.15) is 30.9 Å². The van der Waals surface area contributed by atoms with Gasteiger partial charge in [-0.3, -0.25) is 4.99 Å². The molecule has 1 aromatic heterocycles. The number of aromatic nitrogens is 1. The summed E-state index contributed by atoms with van der Waals surface area (Å²) in [5.74, 6) is 1.78. The number of aliphatic imine (C=N–C) groups is 1. The van der Waals surface area contributed by atoms with Gasteiger partial charge in [0, 0.05) is 37.2 Å². The first kappa shape index (κ1) is 14.9. The maximum absolute atomic E-state index is 4.28. The first-order valence-electron chi connectivity index (χ1n) is 8.34. The van der Waals surface area contributed by atoms with Crippen molar-refractivity contribution in [3.63, 3.8) is 0 Å². The molecule has 0 saturated heterocycles. The smallest absolute Gasteiger partial charge is 0.190 e. The lowest BCUT2D eigenvalue weighted by atomic mass is 10.1. The van der Waals surface area contributed by atoms with Gasteiger partial charge >= 0.3 is 0 Å². The molecule has 1 fully saturated rings. The second-order valence-corrected chi connectivity index (χ2v) is 6.08. The number of para-hydroxylation sites is 1. The lowest BCUT2D eigenvalue weighted by Gasteiger charge is -2.11. The van der Waals surface area contributed by atoms with E-state index in [0.717, 1.165) is 37.8 Å². The number of benzene rings is 1. The molecule has 0 aliphatic heterocycles. The Bertz CT molecular complexity index is 652. The number of guanidine groups is 1. The SMILES string of the molecule is CCc1cccc2c(CCNC(=NC)NCC3CC3)c[nH]c12. The standard InChI is InChI=1S/C18H26N4/c1-3-14-5-4-6-16-15(12-21-17(14)16)9-10-20-18(19-2)22-11-13-7-8-13/h4-6,12-13,21H,3,7-11H2,1-2H3,(H2,19,20,22). The molecule has 0 radical (unpaired) electrons. The third-order valence-corrected chi connectivity index (χ3v) is 4.43. The van der Waals surface area contributed by atoms with Gasteiger partial charge in [0.05, 0.1) is 0 Å². The van der Waals surface area contributed by atoms with Gasteiger partial charge in [0.15, 0.2) is 5.96 Å². The fourth-order valence-corrected chi connectivity index (χ4v) is 2.88. The van der Waals surface area contributed by atoms with Gasteiger partial charge in [-0.15, -0.1) is 0 Å². The summed E-state index contributed by atoms with van der Waals surface area (Å²) in [5.41, 5.74) is 4.05. The van der Waals surface area contributed by atoms with Crippen molar-refractivity contribution in [2.75, 3.05) is 20.1 Å². The zero-order valence-electron chi connectivity index (χ0n) is 13.6. The Morgan fingerprint density at radius 2 is 2.14 bits per heavy atom. The van der Waals surface area contributed by atoms with Crippen molar-refractivity contribution in [3.05, 3.63) is 35.5 Å². The summed E-state index contributed by atoms with van der Waals surface area (Å²) in [6.45, 7) is 4.15. The molecule has 2 aromatic rings. The van der Waals surface area contributed by atoms with Gasteiger partial charge in [0.2, 0.25) is 0 Å². The number of rotatable bonds is 6. The van der Waals surface area contributed by atoms with Gasteiger partial charge < -0.3 is 15.6 Å². The Morgan fingerprint density at radius 1 is 1.27 bits per heavy atom. The van der Waals surface area contributed by atoms with E-state index in [-0.39, 0.29) is 0 Å². The van der Waals surface area contributed by atoms with Crippen LogP contribution in [0.5, 0.6) is 0 Å². The van der Waals surface area contributed by atoms with Crippen molar-refractivity contribution in [1.82, 2.24) is 15.6 Å². The van der Waals surface area contributed by atoms with E-state index < -0.39 is 0 Å². The number of fused-ring (bicyclic) bond motifs is 1. The third kappa shape index (κ3) is 3.43. The molecule has 22 heavy (non-hydrogen) atoms. The van der Waals surface area contributed by atoms with Crippen LogP contribution in [0, 0.1) is 5.92 Å². The van der Waals surface area contributed by atoms with E-state index in [1.165, 1.54) is 34.9 Å². The highest BCUT2D eigenvalue weighted by Crippen LogP contribution is 2.27. The minimum Gasteiger partial charge on any atom is -0.361 e. The number of aromatic amines is 1. The van der Waals surface area contributed by atoms with Crippen molar-refractivity contribution in [2.45, 2.75) is 32.6 Å². The van der Waals surface area contributed by atoms with Crippen LogP contribution in [-0.4, -0.2) is 31.1 Å². The summed E-state index contributed by atoms with van der Waals surface area (Å²) in [6, 6.07) is 6.56. The molecule has 118 valence electrons. The van der Waals surface area contributed by atoms with E-state index in [9.17, 15) is 0 Å². The fourth-order valence-electron chi connectivity index (χ4n) is 2.88. The number of aryl methyl sites for hydroxylation is 1. The molecule has 0 atom stereocenters. The largest absolute Gasteiger partial charge is 0.361 e. The van der Waals surface area contributed by atoms with Crippen LogP contribution in [0.15, 0.2) is 29.4 Å². The van der Waals surface area contributed by atoms with Crippen LogP contribution in [0.4, 0.5) is 0 Å². The summed E-state index contributed by atoms with van der Waals surface area (Å²) in [7, 11) is 1.83. The molecule has 1 aliphatic carbocycles. The number of hydrogen-bond acceptors (Lipinski definition) is 1. The zero-order chi connectivity index (χ0) is 15.4. The lowest BCUT2D eigenvalue weighted by Crippen LogP contribution is -2.39. The second kappa shape index (κ2) is 6.86. The van der Waals surface area contributed by atoms with E-state index in [0.29, 0.717) is 0 Å². The molecule has 0 unspecified atom stereocenters. The highest BCUT2D eigenvalue weighted by molar-refractivity contribution is 5.86. The summed E-state index contributed by atoms with van der Waals surface area (Å²) < 4.78 is 0. The Hall–Kier alpha value is -1.97.